The van der Waals surface area contributed by atoms with Gasteiger partial charge in [0.2, 0.25) is 0 Å². The van der Waals surface area contributed by atoms with Crippen molar-refractivity contribution < 1.29 is 9.29 Å². The Balaban J connectivity index is 2.55. The summed E-state index contributed by atoms with van der Waals surface area (Å²) in [7, 11) is 1.62. The first-order valence-electron chi connectivity index (χ1n) is 5.56. The molecule has 2 aromatic rings. The molecule has 3 nitrogen and oxygen atoms in total. The lowest BCUT2D eigenvalue weighted by molar-refractivity contribution is 0.414. The van der Waals surface area contributed by atoms with E-state index in [4.69, 9.17) is 4.74 Å². The van der Waals surface area contributed by atoms with E-state index < -0.39 is 11.2 Å². The van der Waals surface area contributed by atoms with Gasteiger partial charge in [0.15, 0.2) is 4.90 Å². The van der Waals surface area contributed by atoms with Crippen molar-refractivity contribution in [1.29, 1.82) is 0 Å². The molecule has 0 saturated heterocycles. The van der Waals surface area contributed by atoms with Crippen molar-refractivity contribution in [2.75, 3.05) is 13.4 Å². The molecule has 0 radical (unpaired) electrons. The average Bonchev–Trinajstić information content (AvgIpc) is 2.38. The highest BCUT2D eigenvalue weighted by molar-refractivity contribution is 7.90. The number of pyridine rings is 1. The van der Waals surface area contributed by atoms with E-state index in [1.165, 1.54) is 0 Å². The third kappa shape index (κ3) is 2.66. The summed E-state index contributed by atoms with van der Waals surface area (Å²) in [5.74, 6) is 0.744. The molecule has 94 valence electrons. The summed E-state index contributed by atoms with van der Waals surface area (Å²) in [6.07, 6.45) is 3.37. The maximum absolute atomic E-state index is 11.8. The van der Waals surface area contributed by atoms with Crippen LogP contribution in [0.1, 0.15) is 5.56 Å². The molecule has 0 aliphatic rings. The first-order chi connectivity index (χ1) is 8.61. The SMILES string of the molecule is COc1ccnc(-c2ccc(C)cc2[S+](C)[O-])c1. The number of methoxy groups -OCH3 is 1. The molecule has 0 N–H and O–H groups in total. The lowest BCUT2D eigenvalue weighted by Crippen LogP contribution is -2.01. The van der Waals surface area contributed by atoms with E-state index in [-0.39, 0.29) is 0 Å². The predicted molar refractivity (Wildman–Crippen MR) is 73.3 cm³/mol. The largest absolute Gasteiger partial charge is 0.612 e. The highest BCUT2D eigenvalue weighted by atomic mass is 32.2. The molecular formula is C14H15NO2S. The lowest BCUT2D eigenvalue weighted by atomic mass is 10.1. The summed E-state index contributed by atoms with van der Waals surface area (Å²) < 4.78 is 17.0. The van der Waals surface area contributed by atoms with Gasteiger partial charge >= 0.3 is 0 Å². The van der Waals surface area contributed by atoms with Gasteiger partial charge in [-0.3, -0.25) is 4.98 Å². The number of rotatable bonds is 3. The van der Waals surface area contributed by atoms with Gasteiger partial charge in [-0.25, -0.2) is 0 Å². The topological polar surface area (TPSA) is 45.2 Å². The zero-order chi connectivity index (χ0) is 13.1. The molecule has 0 amide bonds. The van der Waals surface area contributed by atoms with Gasteiger partial charge < -0.3 is 9.29 Å². The van der Waals surface area contributed by atoms with Crippen molar-refractivity contribution in [1.82, 2.24) is 4.98 Å². The quantitative estimate of drug-likeness (QED) is 0.798. The number of hydrogen-bond acceptors (Lipinski definition) is 3. The molecule has 18 heavy (non-hydrogen) atoms. The van der Waals surface area contributed by atoms with Gasteiger partial charge in [0.25, 0.3) is 0 Å². The summed E-state index contributed by atoms with van der Waals surface area (Å²) in [5, 5.41) is 0. The Labute approximate surface area is 110 Å². The minimum Gasteiger partial charge on any atom is -0.612 e. The average molecular weight is 261 g/mol. The molecule has 1 unspecified atom stereocenters. The van der Waals surface area contributed by atoms with E-state index in [2.05, 4.69) is 4.98 Å². The van der Waals surface area contributed by atoms with Crippen LogP contribution in [0.15, 0.2) is 41.4 Å². The van der Waals surface area contributed by atoms with E-state index in [1.807, 2.05) is 31.2 Å². The summed E-state index contributed by atoms with van der Waals surface area (Å²) in [6, 6.07) is 9.52. The van der Waals surface area contributed by atoms with E-state index in [0.717, 1.165) is 27.5 Å². The van der Waals surface area contributed by atoms with Gasteiger partial charge in [0.1, 0.15) is 12.0 Å². The Morgan fingerprint density at radius 2 is 2.00 bits per heavy atom. The maximum atomic E-state index is 11.8. The number of aryl methyl sites for hydroxylation is 1. The van der Waals surface area contributed by atoms with Crippen LogP contribution in [0.3, 0.4) is 0 Å². The van der Waals surface area contributed by atoms with Crippen molar-refractivity contribution in [2.45, 2.75) is 11.8 Å². The second kappa shape index (κ2) is 5.42. The van der Waals surface area contributed by atoms with Crippen molar-refractivity contribution in [2.24, 2.45) is 0 Å². The van der Waals surface area contributed by atoms with Gasteiger partial charge in [-0.2, -0.15) is 0 Å². The second-order valence-corrected chi connectivity index (χ2v) is 5.38. The van der Waals surface area contributed by atoms with Crippen LogP contribution in [0.4, 0.5) is 0 Å². The lowest BCUT2D eigenvalue weighted by Gasteiger charge is -2.11. The monoisotopic (exact) mass is 261 g/mol. The Bertz CT molecular complexity index is 555. The molecule has 1 aromatic heterocycles. The third-order valence-corrected chi connectivity index (χ3v) is 3.65. The van der Waals surface area contributed by atoms with Gasteiger partial charge in [-0.15, -0.1) is 0 Å². The number of hydrogen-bond donors (Lipinski definition) is 0. The molecule has 0 saturated carbocycles. The van der Waals surface area contributed by atoms with Crippen LogP contribution in [-0.2, 0) is 11.2 Å². The first kappa shape index (κ1) is 12.9. The van der Waals surface area contributed by atoms with Crippen molar-refractivity contribution >= 4 is 11.2 Å². The number of nitrogens with zero attached hydrogens (tertiary/aromatic N) is 1. The molecule has 1 aromatic carbocycles. The van der Waals surface area contributed by atoms with Crippen molar-refractivity contribution in [3.8, 4) is 17.0 Å². The molecule has 0 aliphatic carbocycles. The van der Waals surface area contributed by atoms with Crippen LogP contribution in [0.25, 0.3) is 11.3 Å². The summed E-state index contributed by atoms with van der Waals surface area (Å²) in [5.41, 5.74) is 2.76. The number of benzene rings is 1. The standard InChI is InChI=1S/C14H15NO2S/c1-10-4-5-12(14(8-10)18(3)16)13-9-11(17-2)6-7-15-13/h4-9H,1-3H3. The van der Waals surface area contributed by atoms with Gasteiger partial charge in [0, 0.05) is 12.3 Å². The molecule has 2 rings (SSSR count). The van der Waals surface area contributed by atoms with E-state index in [1.54, 1.807) is 25.6 Å². The van der Waals surface area contributed by atoms with Crippen LogP contribution < -0.4 is 4.74 Å². The highest BCUT2D eigenvalue weighted by Gasteiger charge is 2.15. The smallest absolute Gasteiger partial charge is 0.162 e. The van der Waals surface area contributed by atoms with Crippen molar-refractivity contribution in [3.63, 3.8) is 0 Å². The van der Waals surface area contributed by atoms with E-state index >= 15 is 0 Å². The fraction of sp³-hybridized carbons (Fsp3) is 0.214. The van der Waals surface area contributed by atoms with Gasteiger partial charge in [-0.05, 0) is 41.9 Å². The third-order valence-electron chi connectivity index (χ3n) is 2.69. The van der Waals surface area contributed by atoms with Gasteiger partial charge in [-0.1, -0.05) is 6.07 Å². The minimum atomic E-state index is -1.04. The molecule has 4 heteroatoms. The molecule has 1 atom stereocenters. The maximum Gasteiger partial charge on any atom is 0.162 e. The number of aromatic nitrogens is 1. The Kier molecular flexibility index (Phi) is 3.89. The summed E-state index contributed by atoms with van der Waals surface area (Å²) in [4.78, 5) is 5.12. The van der Waals surface area contributed by atoms with Crippen LogP contribution >= 0.6 is 0 Å². The summed E-state index contributed by atoms with van der Waals surface area (Å²) in [6.45, 7) is 1.99. The Morgan fingerprint density at radius 3 is 2.67 bits per heavy atom. The molecule has 0 fully saturated rings. The first-order valence-corrected chi connectivity index (χ1v) is 7.12. The molecule has 0 spiro atoms. The fourth-order valence-electron chi connectivity index (χ4n) is 1.76. The van der Waals surface area contributed by atoms with Crippen LogP contribution in [0.2, 0.25) is 0 Å². The van der Waals surface area contributed by atoms with Gasteiger partial charge in [0.05, 0.1) is 18.4 Å². The Morgan fingerprint density at radius 1 is 1.22 bits per heavy atom. The minimum absolute atomic E-state index is 0.744. The molecule has 0 bridgehead atoms. The van der Waals surface area contributed by atoms with E-state index in [9.17, 15) is 4.55 Å². The predicted octanol–water partition coefficient (Wildman–Crippen LogP) is 2.80. The molecular weight excluding hydrogens is 246 g/mol. The second-order valence-electron chi connectivity index (χ2n) is 4.03. The normalized spacial score (nSPS) is 12.2. The summed E-state index contributed by atoms with van der Waals surface area (Å²) >= 11 is -1.04. The molecule has 0 aliphatic heterocycles. The van der Waals surface area contributed by atoms with E-state index in [0.29, 0.717) is 0 Å². The van der Waals surface area contributed by atoms with Crippen LogP contribution in [0, 0.1) is 6.92 Å². The van der Waals surface area contributed by atoms with Crippen LogP contribution in [0.5, 0.6) is 5.75 Å². The van der Waals surface area contributed by atoms with Crippen LogP contribution in [-0.4, -0.2) is 22.9 Å². The number of ether oxygens (including phenoxy) is 1. The molecule has 1 heterocycles. The zero-order valence-electron chi connectivity index (χ0n) is 10.6. The zero-order valence-corrected chi connectivity index (χ0v) is 11.5. The fourth-order valence-corrected chi connectivity index (χ4v) is 2.60. The highest BCUT2D eigenvalue weighted by Crippen LogP contribution is 2.28. The van der Waals surface area contributed by atoms with Crippen molar-refractivity contribution in [3.05, 3.63) is 42.1 Å². The Hall–Kier alpha value is -1.52.